The van der Waals surface area contributed by atoms with Crippen molar-refractivity contribution in [3.63, 3.8) is 0 Å². The molecule has 19 heavy (non-hydrogen) atoms. The third-order valence-electron chi connectivity index (χ3n) is 2.47. The van der Waals surface area contributed by atoms with Crippen molar-refractivity contribution in [3.8, 4) is 5.75 Å². The Balaban J connectivity index is 1.90. The first-order valence-corrected chi connectivity index (χ1v) is 7.57. The summed E-state index contributed by atoms with van der Waals surface area (Å²) in [6.07, 6.45) is 0. The SMILES string of the molecule is Cc1nc(NC(=O)COc2ccccc2I)sc1C. The number of carbonyl (C=O) groups excluding carboxylic acids is 1. The molecule has 0 spiro atoms. The fourth-order valence-electron chi connectivity index (χ4n) is 1.39. The molecule has 2 rings (SSSR count). The number of aromatic nitrogens is 1. The zero-order valence-corrected chi connectivity index (χ0v) is 13.5. The minimum absolute atomic E-state index is 0.0162. The molecular weight excluding hydrogens is 375 g/mol. The molecule has 0 unspecified atom stereocenters. The van der Waals surface area contributed by atoms with Crippen LogP contribution in [0.2, 0.25) is 0 Å². The van der Waals surface area contributed by atoms with Crippen molar-refractivity contribution in [2.75, 3.05) is 11.9 Å². The minimum Gasteiger partial charge on any atom is -0.483 e. The van der Waals surface area contributed by atoms with Crippen LogP contribution in [0.1, 0.15) is 10.6 Å². The molecule has 1 aromatic heterocycles. The van der Waals surface area contributed by atoms with Crippen LogP contribution in [-0.2, 0) is 4.79 Å². The van der Waals surface area contributed by atoms with Crippen LogP contribution in [0.5, 0.6) is 5.75 Å². The highest BCUT2D eigenvalue weighted by Gasteiger charge is 2.09. The summed E-state index contributed by atoms with van der Waals surface area (Å²) in [6, 6.07) is 7.58. The topological polar surface area (TPSA) is 51.2 Å². The van der Waals surface area contributed by atoms with E-state index in [1.807, 2.05) is 38.1 Å². The van der Waals surface area contributed by atoms with Crippen molar-refractivity contribution in [1.82, 2.24) is 4.98 Å². The lowest BCUT2D eigenvalue weighted by atomic mass is 10.3. The third-order valence-corrected chi connectivity index (χ3v) is 4.35. The van der Waals surface area contributed by atoms with Gasteiger partial charge in [0.2, 0.25) is 0 Å². The van der Waals surface area contributed by atoms with Crippen LogP contribution >= 0.6 is 33.9 Å². The number of ether oxygens (including phenoxy) is 1. The van der Waals surface area contributed by atoms with Gasteiger partial charge in [-0.15, -0.1) is 11.3 Å². The molecule has 1 heterocycles. The molecular formula is C13H13IN2O2S. The van der Waals surface area contributed by atoms with Gasteiger partial charge in [0.15, 0.2) is 11.7 Å². The lowest BCUT2D eigenvalue weighted by Crippen LogP contribution is -2.20. The predicted octanol–water partition coefficient (Wildman–Crippen LogP) is 3.38. The molecule has 0 aliphatic heterocycles. The van der Waals surface area contributed by atoms with Gasteiger partial charge < -0.3 is 4.74 Å². The van der Waals surface area contributed by atoms with Crippen molar-refractivity contribution in [2.24, 2.45) is 0 Å². The average molecular weight is 388 g/mol. The van der Waals surface area contributed by atoms with E-state index < -0.39 is 0 Å². The predicted molar refractivity (Wildman–Crippen MR) is 84.9 cm³/mol. The van der Waals surface area contributed by atoms with Crippen molar-refractivity contribution >= 4 is 45.0 Å². The van der Waals surface area contributed by atoms with Crippen LogP contribution in [0.4, 0.5) is 5.13 Å². The molecule has 100 valence electrons. The molecule has 0 saturated heterocycles. The van der Waals surface area contributed by atoms with Crippen LogP contribution in [0.3, 0.4) is 0 Å². The van der Waals surface area contributed by atoms with Crippen molar-refractivity contribution < 1.29 is 9.53 Å². The summed E-state index contributed by atoms with van der Waals surface area (Å²) in [5.74, 6) is 0.512. The molecule has 6 heteroatoms. The second-order valence-electron chi connectivity index (χ2n) is 3.93. The van der Waals surface area contributed by atoms with Crippen molar-refractivity contribution in [3.05, 3.63) is 38.4 Å². The highest BCUT2D eigenvalue weighted by atomic mass is 127. The maximum atomic E-state index is 11.7. The first-order chi connectivity index (χ1) is 9.06. The first kappa shape index (κ1) is 14.3. The van der Waals surface area contributed by atoms with Gasteiger partial charge >= 0.3 is 0 Å². The monoisotopic (exact) mass is 388 g/mol. The maximum Gasteiger partial charge on any atom is 0.264 e. The number of thiazole rings is 1. The van der Waals surface area contributed by atoms with Gasteiger partial charge in [0.1, 0.15) is 5.75 Å². The van der Waals surface area contributed by atoms with E-state index in [9.17, 15) is 4.79 Å². The number of hydrogen-bond acceptors (Lipinski definition) is 4. The number of hydrogen-bond donors (Lipinski definition) is 1. The Labute approximate surface area is 129 Å². The molecule has 1 aromatic carbocycles. The molecule has 0 aliphatic carbocycles. The van der Waals surface area contributed by atoms with Gasteiger partial charge in [0.05, 0.1) is 9.26 Å². The number of halogens is 1. The van der Waals surface area contributed by atoms with E-state index in [-0.39, 0.29) is 12.5 Å². The standard InChI is InChI=1S/C13H13IN2O2S/c1-8-9(2)19-13(15-8)16-12(17)7-18-11-6-4-3-5-10(11)14/h3-6H,7H2,1-2H3,(H,15,16,17). The van der Waals surface area contributed by atoms with Gasteiger partial charge in [-0.25, -0.2) is 4.98 Å². The lowest BCUT2D eigenvalue weighted by molar-refractivity contribution is -0.118. The first-order valence-electron chi connectivity index (χ1n) is 5.67. The number of rotatable bonds is 4. The summed E-state index contributed by atoms with van der Waals surface area (Å²) in [4.78, 5) is 17.1. The highest BCUT2D eigenvalue weighted by Crippen LogP contribution is 2.22. The molecule has 2 aromatic rings. The number of para-hydroxylation sites is 1. The van der Waals surface area contributed by atoms with Crippen LogP contribution < -0.4 is 10.1 Å². The Morgan fingerprint density at radius 1 is 1.42 bits per heavy atom. The summed E-state index contributed by atoms with van der Waals surface area (Å²) in [5.41, 5.74) is 0.943. The van der Waals surface area contributed by atoms with Crippen LogP contribution in [-0.4, -0.2) is 17.5 Å². The number of aryl methyl sites for hydroxylation is 2. The molecule has 1 N–H and O–H groups in total. The normalized spacial score (nSPS) is 10.3. The number of nitrogens with zero attached hydrogens (tertiary/aromatic N) is 1. The highest BCUT2D eigenvalue weighted by molar-refractivity contribution is 14.1. The second-order valence-corrected chi connectivity index (χ2v) is 6.29. The molecule has 0 bridgehead atoms. The Morgan fingerprint density at radius 2 is 2.16 bits per heavy atom. The summed E-state index contributed by atoms with van der Waals surface area (Å²) in [6.45, 7) is 3.88. The van der Waals surface area contributed by atoms with Gasteiger partial charge in [0.25, 0.3) is 5.91 Å². The summed E-state index contributed by atoms with van der Waals surface area (Å²) in [5, 5.41) is 3.35. The molecule has 0 fully saturated rings. The zero-order valence-electron chi connectivity index (χ0n) is 10.6. The second kappa shape index (κ2) is 6.33. The smallest absolute Gasteiger partial charge is 0.264 e. The van der Waals surface area contributed by atoms with Crippen LogP contribution in [0.15, 0.2) is 24.3 Å². The van der Waals surface area contributed by atoms with Crippen molar-refractivity contribution in [1.29, 1.82) is 0 Å². The van der Waals surface area contributed by atoms with E-state index >= 15 is 0 Å². The van der Waals surface area contributed by atoms with Crippen molar-refractivity contribution in [2.45, 2.75) is 13.8 Å². The summed E-state index contributed by atoms with van der Waals surface area (Å²) in [7, 11) is 0. The molecule has 0 aliphatic rings. The van der Waals surface area contributed by atoms with Crippen LogP contribution in [0, 0.1) is 17.4 Å². The molecule has 0 radical (unpaired) electrons. The van der Waals surface area contributed by atoms with Gasteiger partial charge in [-0.3, -0.25) is 10.1 Å². The lowest BCUT2D eigenvalue weighted by Gasteiger charge is -2.07. The molecule has 0 saturated carbocycles. The Bertz CT molecular complexity index is 579. The Morgan fingerprint density at radius 3 is 2.79 bits per heavy atom. The van der Waals surface area contributed by atoms with Gasteiger partial charge in [-0.2, -0.15) is 0 Å². The molecule has 1 amide bonds. The van der Waals surface area contributed by atoms with Gasteiger partial charge in [0, 0.05) is 4.88 Å². The quantitative estimate of drug-likeness (QED) is 0.818. The van der Waals surface area contributed by atoms with E-state index in [0.29, 0.717) is 10.9 Å². The number of nitrogens with one attached hydrogen (secondary N) is 1. The Kier molecular flexibility index (Phi) is 4.76. The third kappa shape index (κ3) is 3.90. The molecule has 0 atom stereocenters. The van der Waals surface area contributed by atoms with E-state index in [1.165, 1.54) is 11.3 Å². The minimum atomic E-state index is -0.201. The summed E-state index contributed by atoms with van der Waals surface area (Å²) >= 11 is 3.64. The fourth-order valence-corrected chi connectivity index (χ4v) is 2.76. The van der Waals surface area contributed by atoms with E-state index in [1.54, 1.807) is 0 Å². The number of carbonyl (C=O) groups is 1. The number of anilines is 1. The zero-order chi connectivity index (χ0) is 13.8. The average Bonchev–Trinajstić information content (AvgIpc) is 2.67. The van der Waals surface area contributed by atoms with E-state index in [2.05, 4.69) is 32.9 Å². The summed E-state index contributed by atoms with van der Waals surface area (Å²) < 4.78 is 6.45. The molecule has 4 nitrogen and oxygen atoms in total. The van der Waals surface area contributed by atoms with E-state index in [4.69, 9.17) is 4.74 Å². The number of amides is 1. The largest absolute Gasteiger partial charge is 0.483 e. The van der Waals surface area contributed by atoms with E-state index in [0.717, 1.165) is 14.1 Å². The number of benzene rings is 1. The Hall–Kier alpha value is -1.15. The van der Waals surface area contributed by atoms with Gasteiger partial charge in [-0.05, 0) is 48.6 Å². The fraction of sp³-hybridized carbons (Fsp3) is 0.231. The van der Waals surface area contributed by atoms with Gasteiger partial charge in [-0.1, -0.05) is 12.1 Å². The maximum absolute atomic E-state index is 11.7. The van der Waals surface area contributed by atoms with Crippen LogP contribution in [0.25, 0.3) is 0 Å².